The van der Waals surface area contributed by atoms with Crippen molar-refractivity contribution in [2.75, 3.05) is 18.0 Å². The lowest BCUT2D eigenvalue weighted by Crippen LogP contribution is -2.56. The summed E-state index contributed by atoms with van der Waals surface area (Å²) in [7, 11) is 0. The first-order valence-electron chi connectivity index (χ1n) is 7.37. The first kappa shape index (κ1) is 15.3. The molecule has 2 atom stereocenters. The fraction of sp³-hybridized carbons (Fsp3) is 0.714. The Labute approximate surface area is 124 Å². The van der Waals surface area contributed by atoms with Crippen LogP contribution in [-0.4, -0.2) is 35.0 Å². The van der Waals surface area contributed by atoms with Gasteiger partial charge < -0.3 is 10.2 Å². The largest absolute Gasteiger partial charge is 0.363 e. The van der Waals surface area contributed by atoms with Crippen LogP contribution in [0.3, 0.4) is 0 Å². The third kappa shape index (κ3) is 2.83. The Kier molecular flexibility index (Phi) is 5.05. The molecule has 1 saturated heterocycles. The molecule has 1 aliphatic heterocycles. The third-order valence-corrected chi connectivity index (χ3v) is 4.39. The van der Waals surface area contributed by atoms with Crippen LogP contribution in [0.25, 0.3) is 0 Å². The van der Waals surface area contributed by atoms with Gasteiger partial charge in [-0.2, -0.15) is 5.10 Å². The SMILES string of the molecule is CCC1CN(c2cnn(CC)c(=O)c2Cl)C(CC)CN1. The molecule has 0 amide bonds. The zero-order valence-electron chi connectivity index (χ0n) is 12.4. The first-order chi connectivity index (χ1) is 9.62. The molecular formula is C14H23ClN4O. The van der Waals surface area contributed by atoms with Crippen LogP contribution in [0.1, 0.15) is 33.6 Å². The molecule has 0 radical (unpaired) electrons. The van der Waals surface area contributed by atoms with Crippen molar-refractivity contribution in [3.63, 3.8) is 0 Å². The number of hydrogen-bond donors (Lipinski definition) is 1. The van der Waals surface area contributed by atoms with Gasteiger partial charge >= 0.3 is 0 Å². The van der Waals surface area contributed by atoms with E-state index < -0.39 is 0 Å². The molecule has 1 aromatic rings. The van der Waals surface area contributed by atoms with Gasteiger partial charge in [-0.25, -0.2) is 4.68 Å². The highest BCUT2D eigenvalue weighted by molar-refractivity contribution is 6.33. The number of anilines is 1. The molecule has 1 aromatic heterocycles. The summed E-state index contributed by atoms with van der Waals surface area (Å²) in [5.74, 6) is 0. The van der Waals surface area contributed by atoms with E-state index >= 15 is 0 Å². The van der Waals surface area contributed by atoms with Gasteiger partial charge in [0.1, 0.15) is 5.02 Å². The Hall–Kier alpha value is -1.07. The van der Waals surface area contributed by atoms with E-state index in [-0.39, 0.29) is 10.6 Å². The number of nitrogens with one attached hydrogen (secondary N) is 1. The van der Waals surface area contributed by atoms with Crippen molar-refractivity contribution >= 4 is 17.3 Å². The zero-order chi connectivity index (χ0) is 14.7. The van der Waals surface area contributed by atoms with Gasteiger partial charge in [-0.05, 0) is 19.8 Å². The normalized spacial score (nSPS) is 23.1. The maximum Gasteiger partial charge on any atom is 0.287 e. The molecule has 20 heavy (non-hydrogen) atoms. The van der Waals surface area contributed by atoms with E-state index in [0.29, 0.717) is 18.6 Å². The van der Waals surface area contributed by atoms with Crippen molar-refractivity contribution < 1.29 is 0 Å². The monoisotopic (exact) mass is 298 g/mol. The van der Waals surface area contributed by atoms with Crippen LogP contribution in [0.4, 0.5) is 5.69 Å². The fourth-order valence-corrected chi connectivity index (χ4v) is 2.93. The van der Waals surface area contributed by atoms with Crippen LogP contribution in [0.15, 0.2) is 11.0 Å². The van der Waals surface area contributed by atoms with Gasteiger partial charge in [0.05, 0.1) is 11.9 Å². The summed E-state index contributed by atoms with van der Waals surface area (Å²) in [6, 6.07) is 0.788. The molecule has 0 aromatic carbocycles. The van der Waals surface area contributed by atoms with Gasteiger partial charge in [0.15, 0.2) is 0 Å². The summed E-state index contributed by atoms with van der Waals surface area (Å²) in [6.45, 7) is 8.53. The Balaban J connectivity index is 2.37. The van der Waals surface area contributed by atoms with Gasteiger partial charge in [0.25, 0.3) is 5.56 Å². The number of aryl methyl sites for hydroxylation is 1. The molecule has 1 N–H and O–H groups in total. The predicted octanol–water partition coefficient (Wildman–Crippen LogP) is 1.88. The summed E-state index contributed by atoms with van der Waals surface area (Å²) in [5, 5.41) is 8.04. The molecule has 0 spiro atoms. The first-order valence-corrected chi connectivity index (χ1v) is 7.75. The molecule has 1 fully saturated rings. The molecule has 1 aliphatic rings. The fourth-order valence-electron chi connectivity index (χ4n) is 2.68. The highest BCUT2D eigenvalue weighted by Gasteiger charge is 2.28. The molecule has 2 heterocycles. The molecule has 2 rings (SSSR count). The molecule has 5 nitrogen and oxygen atoms in total. The van der Waals surface area contributed by atoms with Gasteiger partial charge in [-0.1, -0.05) is 25.4 Å². The summed E-state index contributed by atoms with van der Waals surface area (Å²) >= 11 is 6.29. The quantitative estimate of drug-likeness (QED) is 0.922. The van der Waals surface area contributed by atoms with E-state index in [4.69, 9.17) is 11.6 Å². The minimum absolute atomic E-state index is 0.201. The minimum Gasteiger partial charge on any atom is -0.363 e. The Bertz CT molecular complexity index is 516. The maximum absolute atomic E-state index is 12.1. The topological polar surface area (TPSA) is 50.2 Å². The summed E-state index contributed by atoms with van der Waals surface area (Å²) < 4.78 is 1.40. The molecule has 0 aliphatic carbocycles. The maximum atomic E-state index is 12.1. The molecule has 2 unspecified atom stereocenters. The van der Waals surface area contributed by atoms with Crippen molar-refractivity contribution in [1.82, 2.24) is 15.1 Å². The van der Waals surface area contributed by atoms with Gasteiger partial charge in [0.2, 0.25) is 0 Å². The lowest BCUT2D eigenvalue weighted by Gasteiger charge is -2.41. The van der Waals surface area contributed by atoms with Crippen LogP contribution in [-0.2, 0) is 6.54 Å². The third-order valence-electron chi connectivity index (χ3n) is 4.04. The van der Waals surface area contributed by atoms with E-state index in [2.05, 4.69) is 29.2 Å². The van der Waals surface area contributed by atoms with Crippen LogP contribution in [0.2, 0.25) is 5.02 Å². The summed E-state index contributed by atoms with van der Waals surface area (Å²) in [5.41, 5.74) is 0.571. The van der Waals surface area contributed by atoms with Gasteiger partial charge in [0, 0.05) is 31.7 Å². The van der Waals surface area contributed by atoms with Gasteiger partial charge in [-0.15, -0.1) is 0 Å². The van der Waals surface area contributed by atoms with Gasteiger partial charge in [-0.3, -0.25) is 4.79 Å². The van der Waals surface area contributed by atoms with E-state index in [1.165, 1.54) is 4.68 Å². The summed E-state index contributed by atoms with van der Waals surface area (Å²) in [6.07, 6.45) is 3.80. The number of piperazine rings is 1. The molecular weight excluding hydrogens is 276 g/mol. The summed E-state index contributed by atoms with van der Waals surface area (Å²) in [4.78, 5) is 14.4. The number of hydrogen-bond acceptors (Lipinski definition) is 4. The van der Waals surface area contributed by atoms with Crippen molar-refractivity contribution in [2.24, 2.45) is 0 Å². The Morgan fingerprint density at radius 3 is 2.75 bits per heavy atom. The van der Waals surface area contributed by atoms with Crippen molar-refractivity contribution in [1.29, 1.82) is 0 Å². The number of aromatic nitrogens is 2. The second-order valence-electron chi connectivity index (χ2n) is 5.19. The van der Waals surface area contributed by atoms with Crippen molar-refractivity contribution in [2.45, 2.75) is 52.2 Å². The highest BCUT2D eigenvalue weighted by Crippen LogP contribution is 2.26. The van der Waals surface area contributed by atoms with E-state index in [0.717, 1.165) is 31.6 Å². The number of rotatable bonds is 4. The standard InChI is InChI=1S/C14H23ClN4O/c1-4-10-9-18(11(5-2)7-16-10)12-8-17-19(6-3)14(20)13(12)15/h8,10-11,16H,4-7,9H2,1-3H3. The zero-order valence-corrected chi connectivity index (χ0v) is 13.2. The highest BCUT2D eigenvalue weighted by atomic mass is 35.5. The predicted molar refractivity (Wildman–Crippen MR) is 82.7 cm³/mol. The number of nitrogens with zero attached hydrogens (tertiary/aromatic N) is 3. The number of halogens is 1. The van der Waals surface area contributed by atoms with Crippen molar-refractivity contribution in [3.05, 3.63) is 21.6 Å². The van der Waals surface area contributed by atoms with Crippen LogP contribution >= 0.6 is 11.6 Å². The van der Waals surface area contributed by atoms with E-state index in [9.17, 15) is 4.79 Å². The smallest absolute Gasteiger partial charge is 0.287 e. The van der Waals surface area contributed by atoms with Crippen molar-refractivity contribution in [3.8, 4) is 0 Å². The lowest BCUT2D eigenvalue weighted by atomic mass is 10.0. The molecule has 6 heteroatoms. The van der Waals surface area contributed by atoms with Crippen LogP contribution < -0.4 is 15.8 Å². The molecule has 112 valence electrons. The van der Waals surface area contributed by atoms with E-state index in [1.807, 2.05) is 6.92 Å². The Morgan fingerprint density at radius 2 is 2.15 bits per heavy atom. The van der Waals surface area contributed by atoms with Crippen LogP contribution in [0, 0.1) is 0 Å². The second-order valence-corrected chi connectivity index (χ2v) is 5.57. The second kappa shape index (κ2) is 6.59. The van der Waals surface area contributed by atoms with Crippen LogP contribution in [0.5, 0.6) is 0 Å². The molecule has 0 bridgehead atoms. The average Bonchev–Trinajstić information content (AvgIpc) is 2.49. The Morgan fingerprint density at radius 1 is 1.40 bits per heavy atom. The lowest BCUT2D eigenvalue weighted by molar-refractivity contribution is 0.378. The van der Waals surface area contributed by atoms with E-state index in [1.54, 1.807) is 6.20 Å². The molecule has 0 saturated carbocycles. The average molecular weight is 299 g/mol. The minimum atomic E-state index is -0.201.